The minimum Gasteiger partial charge on any atom is -0.452 e. The molecular weight excluding hydrogens is 376 g/mol. The molecule has 0 radical (unpaired) electrons. The fraction of sp³-hybridized carbons (Fsp3) is 0.0435. The Morgan fingerprint density at radius 3 is 2.43 bits per heavy atom. The van der Waals surface area contributed by atoms with Gasteiger partial charge < -0.3 is 9.47 Å². The number of ether oxygens (including phenoxy) is 2. The number of carbonyl (C=O) groups excluding carboxylic acids is 2. The average Bonchev–Trinajstić information content (AvgIpc) is 3.02. The molecule has 3 aromatic carbocycles. The van der Waals surface area contributed by atoms with E-state index in [1.165, 1.54) is 0 Å². The highest BCUT2D eigenvalue weighted by Crippen LogP contribution is 2.39. The second kappa shape index (κ2) is 7.33. The Hall–Kier alpha value is -3.37. The summed E-state index contributed by atoms with van der Waals surface area (Å²) in [6, 6.07) is 19.1. The van der Waals surface area contributed by atoms with Gasteiger partial charge in [-0.05, 0) is 55.0 Å². The molecular formula is C23H15ClO4. The summed E-state index contributed by atoms with van der Waals surface area (Å²) in [7, 11) is 0. The maximum atomic E-state index is 12.6. The van der Waals surface area contributed by atoms with E-state index in [9.17, 15) is 9.59 Å². The number of hydrogen-bond acceptors (Lipinski definition) is 4. The van der Waals surface area contributed by atoms with Crippen LogP contribution in [-0.2, 0) is 0 Å². The van der Waals surface area contributed by atoms with Crippen molar-refractivity contribution in [2.45, 2.75) is 6.92 Å². The molecule has 0 atom stereocenters. The lowest BCUT2D eigenvalue weighted by atomic mass is 10.1. The van der Waals surface area contributed by atoms with E-state index in [0.717, 1.165) is 5.56 Å². The summed E-state index contributed by atoms with van der Waals surface area (Å²) < 4.78 is 11.3. The molecule has 4 rings (SSSR count). The molecule has 0 aromatic heterocycles. The van der Waals surface area contributed by atoms with Gasteiger partial charge in [0.1, 0.15) is 11.5 Å². The summed E-state index contributed by atoms with van der Waals surface area (Å²) in [6.45, 7) is 1.75. The second-order valence-electron chi connectivity index (χ2n) is 6.31. The molecule has 0 fully saturated rings. The lowest BCUT2D eigenvalue weighted by Gasteiger charge is -2.10. The highest BCUT2D eigenvalue weighted by molar-refractivity contribution is 6.30. The molecule has 3 aromatic rings. The van der Waals surface area contributed by atoms with Gasteiger partial charge >= 0.3 is 5.97 Å². The fourth-order valence-electron chi connectivity index (χ4n) is 2.92. The van der Waals surface area contributed by atoms with E-state index in [1.54, 1.807) is 49.4 Å². The summed E-state index contributed by atoms with van der Waals surface area (Å²) in [5.41, 5.74) is 2.28. The van der Waals surface area contributed by atoms with Crippen molar-refractivity contribution >= 4 is 29.4 Å². The predicted molar refractivity (Wildman–Crippen MR) is 107 cm³/mol. The summed E-state index contributed by atoms with van der Waals surface area (Å²) in [6.07, 6.45) is 1.70. The van der Waals surface area contributed by atoms with E-state index in [4.69, 9.17) is 21.1 Å². The molecule has 0 saturated carbocycles. The lowest BCUT2D eigenvalue weighted by molar-refractivity contribution is 0.0733. The number of hydrogen-bond donors (Lipinski definition) is 0. The van der Waals surface area contributed by atoms with Gasteiger partial charge in [-0.25, -0.2) is 4.79 Å². The first kappa shape index (κ1) is 18.0. The Labute approximate surface area is 167 Å². The standard InChI is InChI=1S/C23H15ClO4/c1-14-19(28-23(26)16-7-9-17(24)10-8-16)12-11-18-21(25)20(27-22(14)18)13-15-5-3-2-4-6-15/h2-13H,1H3/b20-13-. The predicted octanol–water partition coefficient (Wildman–Crippen LogP) is 5.48. The number of allylic oxidation sites excluding steroid dienone is 1. The number of rotatable bonds is 3. The van der Waals surface area contributed by atoms with Crippen LogP contribution in [0.15, 0.2) is 72.5 Å². The van der Waals surface area contributed by atoms with Crippen molar-refractivity contribution in [1.82, 2.24) is 0 Å². The number of carbonyl (C=O) groups is 2. The minimum atomic E-state index is -0.510. The van der Waals surface area contributed by atoms with Crippen molar-refractivity contribution in [1.29, 1.82) is 0 Å². The molecule has 28 heavy (non-hydrogen) atoms. The van der Waals surface area contributed by atoms with Crippen LogP contribution in [0.25, 0.3) is 6.08 Å². The monoisotopic (exact) mass is 390 g/mol. The molecule has 5 heteroatoms. The van der Waals surface area contributed by atoms with Crippen LogP contribution in [0.4, 0.5) is 0 Å². The third kappa shape index (κ3) is 3.42. The summed E-state index contributed by atoms with van der Waals surface area (Å²) in [5.74, 6) is 0.285. The Morgan fingerprint density at radius 2 is 1.71 bits per heavy atom. The number of halogens is 1. The van der Waals surface area contributed by atoms with E-state index in [1.807, 2.05) is 30.3 Å². The number of esters is 1. The molecule has 0 bridgehead atoms. The van der Waals surface area contributed by atoms with Gasteiger partial charge in [-0.1, -0.05) is 41.9 Å². The summed E-state index contributed by atoms with van der Waals surface area (Å²) in [5, 5.41) is 0.537. The first-order valence-corrected chi connectivity index (χ1v) is 9.01. The van der Waals surface area contributed by atoms with E-state index < -0.39 is 5.97 Å². The highest BCUT2D eigenvalue weighted by Gasteiger charge is 2.30. The second-order valence-corrected chi connectivity index (χ2v) is 6.75. The van der Waals surface area contributed by atoms with Crippen LogP contribution in [0.5, 0.6) is 11.5 Å². The Morgan fingerprint density at radius 1 is 1.00 bits per heavy atom. The van der Waals surface area contributed by atoms with Gasteiger partial charge in [0.15, 0.2) is 5.76 Å². The summed E-state index contributed by atoms with van der Waals surface area (Å²) >= 11 is 5.85. The Kier molecular flexibility index (Phi) is 4.72. The molecule has 0 amide bonds. The fourth-order valence-corrected chi connectivity index (χ4v) is 3.05. The molecule has 138 valence electrons. The lowest BCUT2D eigenvalue weighted by Crippen LogP contribution is -2.09. The molecule has 1 heterocycles. The number of Topliss-reactive ketones (excluding diaryl/α,β-unsaturated/α-hetero) is 1. The maximum Gasteiger partial charge on any atom is 0.343 e. The van der Waals surface area contributed by atoms with Crippen LogP contribution in [0.2, 0.25) is 5.02 Å². The third-order valence-corrected chi connectivity index (χ3v) is 4.67. The van der Waals surface area contributed by atoms with Crippen molar-refractivity contribution in [2.75, 3.05) is 0 Å². The van der Waals surface area contributed by atoms with Gasteiger partial charge in [-0.3, -0.25) is 4.79 Å². The summed E-state index contributed by atoms with van der Waals surface area (Å²) in [4.78, 5) is 25.0. The van der Waals surface area contributed by atoms with Gasteiger partial charge in [-0.2, -0.15) is 0 Å². The van der Waals surface area contributed by atoms with Crippen molar-refractivity contribution in [3.8, 4) is 11.5 Å². The first-order chi connectivity index (χ1) is 13.5. The molecule has 1 aliphatic rings. The molecule has 0 unspecified atom stereocenters. The van der Waals surface area contributed by atoms with Crippen molar-refractivity contribution in [3.05, 3.63) is 99.8 Å². The molecule has 0 saturated heterocycles. The van der Waals surface area contributed by atoms with Gasteiger partial charge in [0.25, 0.3) is 0 Å². The van der Waals surface area contributed by atoms with Crippen LogP contribution in [0.1, 0.15) is 31.8 Å². The normalized spacial score (nSPS) is 13.9. The van der Waals surface area contributed by atoms with Gasteiger partial charge in [0.05, 0.1) is 11.1 Å². The highest BCUT2D eigenvalue weighted by atomic mass is 35.5. The number of ketones is 1. The molecule has 0 aliphatic carbocycles. The van der Waals surface area contributed by atoms with Crippen LogP contribution in [0.3, 0.4) is 0 Å². The maximum absolute atomic E-state index is 12.6. The zero-order valence-corrected chi connectivity index (χ0v) is 15.7. The van der Waals surface area contributed by atoms with Crippen molar-refractivity contribution < 1.29 is 19.1 Å². The van der Waals surface area contributed by atoms with Gasteiger partial charge in [0, 0.05) is 10.6 Å². The quantitative estimate of drug-likeness (QED) is 0.337. The van der Waals surface area contributed by atoms with Gasteiger partial charge in [-0.15, -0.1) is 0 Å². The topological polar surface area (TPSA) is 52.6 Å². The van der Waals surface area contributed by atoms with E-state index >= 15 is 0 Å². The van der Waals surface area contributed by atoms with E-state index in [0.29, 0.717) is 33.2 Å². The Balaban J connectivity index is 1.61. The zero-order valence-electron chi connectivity index (χ0n) is 14.9. The zero-order chi connectivity index (χ0) is 19.7. The molecule has 0 N–H and O–H groups in total. The van der Waals surface area contributed by atoms with Crippen molar-refractivity contribution in [3.63, 3.8) is 0 Å². The number of fused-ring (bicyclic) bond motifs is 1. The SMILES string of the molecule is Cc1c(OC(=O)c2ccc(Cl)cc2)ccc2c1O/C(=C\c1ccccc1)C2=O. The van der Waals surface area contributed by atoms with Crippen LogP contribution in [0, 0.1) is 6.92 Å². The smallest absolute Gasteiger partial charge is 0.343 e. The molecule has 1 aliphatic heterocycles. The van der Waals surface area contributed by atoms with Gasteiger partial charge in [0.2, 0.25) is 5.78 Å². The number of benzene rings is 3. The van der Waals surface area contributed by atoms with Crippen LogP contribution in [-0.4, -0.2) is 11.8 Å². The average molecular weight is 391 g/mol. The van der Waals surface area contributed by atoms with E-state index in [2.05, 4.69) is 0 Å². The molecule has 0 spiro atoms. The first-order valence-electron chi connectivity index (χ1n) is 8.63. The molecule has 4 nitrogen and oxygen atoms in total. The largest absolute Gasteiger partial charge is 0.452 e. The Bertz CT molecular complexity index is 1100. The van der Waals surface area contributed by atoms with Crippen LogP contribution >= 0.6 is 11.6 Å². The third-order valence-electron chi connectivity index (χ3n) is 4.42. The van der Waals surface area contributed by atoms with Crippen molar-refractivity contribution in [2.24, 2.45) is 0 Å². The van der Waals surface area contributed by atoms with E-state index in [-0.39, 0.29) is 11.5 Å². The minimum absolute atomic E-state index is 0.197. The van der Waals surface area contributed by atoms with Crippen LogP contribution < -0.4 is 9.47 Å².